The molecule has 0 aliphatic heterocycles. The van der Waals surface area contributed by atoms with Crippen molar-refractivity contribution in [3.63, 3.8) is 0 Å². The molecule has 0 saturated heterocycles. The molecule has 4 aromatic rings. The van der Waals surface area contributed by atoms with E-state index in [1.54, 1.807) is 0 Å². The number of aliphatic hydroxyl groups is 1. The van der Waals surface area contributed by atoms with Crippen LogP contribution in [0.2, 0.25) is 5.02 Å². The van der Waals surface area contributed by atoms with Crippen LogP contribution in [0.15, 0.2) is 77.7 Å². The molecule has 0 spiro atoms. The van der Waals surface area contributed by atoms with Crippen LogP contribution in [-0.4, -0.2) is 53.0 Å². The third kappa shape index (κ3) is 8.74. The molecule has 2 aliphatic carbocycles. The van der Waals surface area contributed by atoms with Crippen LogP contribution in [0.1, 0.15) is 87.4 Å². The van der Waals surface area contributed by atoms with E-state index in [1.807, 2.05) is 50.1 Å². The Bertz CT molecular complexity index is 1540. The second kappa shape index (κ2) is 15.8. The zero-order valence-electron chi connectivity index (χ0n) is 27.2. The van der Waals surface area contributed by atoms with Gasteiger partial charge in [-0.15, -0.1) is 11.8 Å². The van der Waals surface area contributed by atoms with Gasteiger partial charge in [0.05, 0.1) is 11.6 Å². The summed E-state index contributed by atoms with van der Waals surface area (Å²) >= 11 is 8.01. The number of nitrogens with one attached hydrogen (secondary N) is 2. The molecule has 2 saturated carbocycles. The molecule has 46 heavy (non-hydrogen) atoms. The van der Waals surface area contributed by atoms with Crippen LogP contribution in [0.25, 0.3) is 10.9 Å². The lowest BCUT2D eigenvalue weighted by molar-refractivity contribution is 0.165. The number of anilines is 2. The Morgan fingerprint density at radius 3 is 2.26 bits per heavy atom. The molecule has 2 fully saturated rings. The molecule has 6 rings (SSSR count). The summed E-state index contributed by atoms with van der Waals surface area (Å²) in [6.07, 6.45) is 11.1. The van der Waals surface area contributed by atoms with Crippen molar-refractivity contribution in [3.8, 4) is 0 Å². The number of halogens is 1. The molecule has 2 atom stereocenters. The number of benzene rings is 3. The van der Waals surface area contributed by atoms with Gasteiger partial charge in [0.1, 0.15) is 5.82 Å². The smallest absolute Gasteiger partial charge is 0.225 e. The van der Waals surface area contributed by atoms with E-state index in [-0.39, 0.29) is 5.25 Å². The molecule has 1 heterocycles. The first kappa shape index (κ1) is 33.1. The highest BCUT2D eigenvalue weighted by atomic mass is 35.5. The number of nitrogens with zero attached hydrogens (tertiary/aromatic N) is 3. The van der Waals surface area contributed by atoms with Crippen molar-refractivity contribution in [1.29, 1.82) is 0 Å². The number of aromatic nitrogens is 2. The Balaban J connectivity index is 1.04. The van der Waals surface area contributed by atoms with Crippen molar-refractivity contribution in [1.82, 2.24) is 15.3 Å². The maximum atomic E-state index is 11.4. The second-order valence-electron chi connectivity index (χ2n) is 13.3. The summed E-state index contributed by atoms with van der Waals surface area (Å²) in [6.45, 7) is 0.841. The zero-order chi connectivity index (χ0) is 31.9. The second-order valence-corrected chi connectivity index (χ2v) is 15.1. The third-order valence-corrected chi connectivity index (χ3v) is 11.2. The lowest BCUT2D eigenvalue weighted by Gasteiger charge is -2.31. The number of aliphatic hydroxyl groups excluding tert-OH is 1. The van der Waals surface area contributed by atoms with Crippen LogP contribution in [-0.2, 0) is 0 Å². The van der Waals surface area contributed by atoms with E-state index in [4.69, 9.17) is 21.6 Å². The van der Waals surface area contributed by atoms with Crippen molar-refractivity contribution in [2.24, 2.45) is 0 Å². The van der Waals surface area contributed by atoms with E-state index in [9.17, 15) is 5.11 Å². The van der Waals surface area contributed by atoms with E-state index >= 15 is 0 Å². The van der Waals surface area contributed by atoms with Gasteiger partial charge < -0.3 is 20.6 Å². The molecule has 0 amide bonds. The molecule has 3 N–H and O–H groups in total. The van der Waals surface area contributed by atoms with Gasteiger partial charge in [0.15, 0.2) is 0 Å². The number of thioether (sulfide) groups is 1. The van der Waals surface area contributed by atoms with E-state index in [0.717, 1.165) is 59.5 Å². The monoisotopic (exact) mass is 657 g/mol. The first-order chi connectivity index (χ1) is 22.4. The summed E-state index contributed by atoms with van der Waals surface area (Å²) in [5.41, 5.74) is 3.41. The number of hydrogen-bond donors (Lipinski definition) is 3. The van der Waals surface area contributed by atoms with Gasteiger partial charge in [0.25, 0.3) is 0 Å². The van der Waals surface area contributed by atoms with Crippen molar-refractivity contribution < 1.29 is 5.11 Å². The highest BCUT2D eigenvalue weighted by molar-refractivity contribution is 8.00. The van der Waals surface area contributed by atoms with E-state index in [2.05, 4.69) is 64.1 Å². The summed E-state index contributed by atoms with van der Waals surface area (Å²) in [6, 6.07) is 25.9. The van der Waals surface area contributed by atoms with Crippen LogP contribution in [0.5, 0.6) is 0 Å². The molecule has 3 aromatic carbocycles. The predicted octanol–water partition coefficient (Wildman–Crippen LogP) is 8.99. The fourth-order valence-corrected chi connectivity index (χ4v) is 8.34. The van der Waals surface area contributed by atoms with Crippen molar-refractivity contribution >= 4 is 46.0 Å². The molecule has 2 aliphatic rings. The topological polar surface area (TPSA) is 73.3 Å². The van der Waals surface area contributed by atoms with Gasteiger partial charge in [-0.25, -0.2) is 4.98 Å². The highest BCUT2D eigenvalue weighted by Gasteiger charge is 2.25. The fourth-order valence-electron chi connectivity index (χ4n) is 7.08. The molecule has 6 nitrogen and oxygen atoms in total. The van der Waals surface area contributed by atoms with Gasteiger partial charge in [0.2, 0.25) is 5.95 Å². The largest absolute Gasteiger partial charge is 0.388 e. The molecular formula is C38H48ClN5OS. The minimum Gasteiger partial charge on any atom is -0.388 e. The van der Waals surface area contributed by atoms with E-state index in [0.29, 0.717) is 30.4 Å². The fraction of sp³-hybridized carbons (Fsp3) is 0.474. The Morgan fingerprint density at radius 1 is 0.848 bits per heavy atom. The van der Waals surface area contributed by atoms with Crippen molar-refractivity contribution in [3.05, 3.63) is 88.9 Å². The first-order valence-electron chi connectivity index (χ1n) is 17.1. The molecule has 2 unspecified atom stereocenters. The summed E-state index contributed by atoms with van der Waals surface area (Å²) in [7, 11) is 4.06. The number of fused-ring (bicyclic) bond motifs is 1. The van der Waals surface area contributed by atoms with Crippen LogP contribution in [0, 0.1) is 0 Å². The standard InChI is InChI=1S/C38H48ClN5OS/c1-44(2)37-34-10-6-7-11-35(34)42-38(43-37)41-31-20-18-30(19-21-31)40-25-33(46-32-22-16-29(39)17-23-32)24-36(45)28-14-12-27(13-15-28)26-8-4-3-5-9-26/h6-7,10-17,22-23,26,30-31,33,36,40,45H,3-5,8-9,18-21,24-25H2,1-2H3,(H,41,42,43). The summed E-state index contributed by atoms with van der Waals surface area (Å²) < 4.78 is 0. The molecular weight excluding hydrogens is 610 g/mol. The highest BCUT2D eigenvalue weighted by Crippen LogP contribution is 2.35. The van der Waals surface area contributed by atoms with E-state index < -0.39 is 6.10 Å². The molecule has 244 valence electrons. The van der Waals surface area contributed by atoms with Crippen molar-refractivity contribution in [2.45, 2.75) is 98.5 Å². The predicted molar refractivity (Wildman–Crippen MR) is 194 cm³/mol. The maximum Gasteiger partial charge on any atom is 0.225 e. The SMILES string of the molecule is CN(C)c1nc(NC2CCC(NCC(CC(O)c3ccc(C4CCCCC4)cc3)Sc3ccc(Cl)cc3)CC2)nc2ccccc12. The number of para-hydroxylation sites is 1. The Kier molecular flexibility index (Phi) is 11.4. The number of rotatable bonds is 12. The van der Waals surface area contributed by atoms with Gasteiger partial charge in [0, 0.05) is 53.3 Å². The van der Waals surface area contributed by atoms with Gasteiger partial charge in [-0.2, -0.15) is 4.98 Å². The maximum absolute atomic E-state index is 11.4. The summed E-state index contributed by atoms with van der Waals surface area (Å²) in [4.78, 5) is 12.9. The first-order valence-corrected chi connectivity index (χ1v) is 18.3. The average Bonchev–Trinajstić information content (AvgIpc) is 3.09. The molecule has 0 radical (unpaired) electrons. The van der Waals surface area contributed by atoms with Crippen LogP contribution in [0.4, 0.5) is 11.8 Å². The van der Waals surface area contributed by atoms with Gasteiger partial charge in [-0.05, 0) is 98.4 Å². The summed E-state index contributed by atoms with van der Waals surface area (Å²) in [5, 5.41) is 20.9. The van der Waals surface area contributed by atoms with Crippen LogP contribution < -0.4 is 15.5 Å². The summed E-state index contributed by atoms with van der Waals surface area (Å²) in [5.74, 6) is 2.33. The molecule has 8 heteroatoms. The number of hydrogen-bond acceptors (Lipinski definition) is 7. The van der Waals surface area contributed by atoms with Gasteiger partial charge in [-0.1, -0.05) is 67.3 Å². The minimum atomic E-state index is -0.499. The molecule has 0 bridgehead atoms. The quantitative estimate of drug-likeness (QED) is 0.131. The third-order valence-electron chi connectivity index (χ3n) is 9.70. The normalized spacial score (nSPS) is 20.3. The Labute approximate surface area is 283 Å². The minimum absolute atomic E-state index is 0.223. The van der Waals surface area contributed by atoms with Gasteiger partial charge in [-0.3, -0.25) is 0 Å². The lowest BCUT2D eigenvalue weighted by Crippen LogP contribution is -2.40. The molecule has 1 aromatic heterocycles. The van der Waals surface area contributed by atoms with Crippen LogP contribution >= 0.6 is 23.4 Å². The van der Waals surface area contributed by atoms with E-state index in [1.165, 1.54) is 42.6 Å². The zero-order valence-corrected chi connectivity index (χ0v) is 28.7. The average molecular weight is 658 g/mol. The van der Waals surface area contributed by atoms with Crippen LogP contribution in [0.3, 0.4) is 0 Å². The Hall–Kier alpha value is -2.84. The van der Waals surface area contributed by atoms with Gasteiger partial charge >= 0.3 is 0 Å². The Morgan fingerprint density at radius 2 is 1.54 bits per heavy atom. The lowest BCUT2D eigenvalue weighted by atomic mass is 9.83. The van der Waals surface area contributed by atoms with Crippen molar-refractivity contribution in [2.75, 3.05) is 30.9 Å².